The first kappa shape index (κ1) is 14.0. The highest BCUT2D eigenvalue weighted by Gasteiger charge is 2.17. The van der Waals surface area contributed by atoms with Crippen molar-refractivity contribution in [2.45, 2.75) is 0 Å². The molecule has 0 bridgehead atoms. The fourth-order valence-electron chi connectivity index (χ4n) is 2.10. The number of para-hydroxylation sites is 1. The van der Waals surface area contributed by atoms with Crippen molar-refractivity contribution in [3.63, 3.8) is 0 Å². The number of nitro benzene ring substituents is 1. The number of aromatic nitrogens is 2. The van der Waals surface area contributed by atoms with Gasteiger partial charge in [0.05, 0.1) is 15.8 Å². The Balaban J connectivity index is 2.31. The van der Waals surface area contributed by atoms with Crippen molar-refractivity contribution in [3.05, 3.63) is 68.0 Å². The smallest absolute Gasteiger partial charge is 0.294 e. The molecule has 0 aliphatic carbocycles. The van der Waals surface area contributed by atoms with Crippen LogP contribution in [0.4, 0.5) is 5.69 Å². The average Bonchev–Trinajstić information content (AvgIpc) is 2.51. The maximum atomic E-state index is 12.1. The van der Waals surface area contributed by atoms with Gasteiger partial charge in [-0.15, -0.1) is 4.73 Å². The Labute approximate surface area is 128 Å². The molecule has 0 spiro atoms. The van der Waals surface area contributed by atoms with Gasteiger partial charge in [-0.2, -0.15) is 0 Å². The Bertz CT molecular complexity index is 968. The molecule has 0 amide bonds. The minimum absolute atomic E-state index is 0.0404. The van der Waals surface area contributed by atoms with Gasteiger partial charge in [0.25, 0.3) is 11.2 Å². The van der Waals surface area contributed by atoms with Gasteiger partial charge in [0.15, 0.2) is 5.82 Å². The van der Waals surface area contributed by atoms with E-state index in [-0.39, 0.29) is 27.5 Å². The minimum Gasteiger partial charge on any atom is -0.423 e. The molecule has 7 nitrogen and oxygen atoms in total. The summed E-state index contributed by atoms with van der Waals surface area (Å²) in [7, 11) is 0. The Morgan fingerprint density at radius 1 is 1.23 bits per heavy atom. The number of nitro groups is 1. The molecule has 1 aromatic heterocycles. The van der Waals surface area contributed by atoms with Crippen LogP contribution < -0.4 is 5.56 Å². The molecule has 2 aromatic carbocycles. The van der Waals surface area contributed by atoms with Crippen molar-refractivity contribution < 1.29 is 10.1 Å². The van der Waals surface area contributed by atoms with Crippen molar-refractivity contribution in [1.82, 2.24) is 9.71 Å². The van der Waals surface area contributed by atoms with E-state index in [4.69, 9.17) is 11.6 Å². The van der Waals surface area contributed by atoms with E-state index in [0.717, 1.165) is 6.07 Å². The molecule has 0 atom stereocenters. The fourth-order valence-corrected chi connectivity index (χ4v) is 2.29. The van der Waals surface area contributed by atoms with Gasteiger partial charge >= 0.3 is 0 Å². The average molecular weight is 318 g/mol. The van der Waals surface area contributed by atoms with E-state index in [0.29, 0.717) is 10.2 Å². The van der Waals surface area contributed by atoms with E-state index in [1.165, 1.54) is 18.2 Å². The first-order chi connectivity index (χ1) is 10.5. The summed E-state index contributed by atoms with van der Waals surface area (Å²) in [5.74, 6) is -0.0940. The summed E-state index contributed by atoms with van der Waals surface area (Å²) < 4.78 is 0.370. The number of hydrogen-bond donors (Lipinski definition) is 1. The maximum Gasteiger partial charge on any atom is 0.294 e. The summed E-state index contributed by atoms with van der Waals surface area (Å²) >= 11 is 5.75. The Hall–Kier alpha value is -2.93. The molecule has 0 radical (unpaired) electrons. The van der Waals surface area contributed by atoms with Gasteiger partial charge in [-0.25, -0.2) is 4.98 Å². The molecule has 0 aliphatic heterocycles. The van der Waals surface area contributed by atoms with Gasteiger partial charge in [0.2, 0.25) is 0 Å². The van der Waals surface area contributed by atoms with Crippen LogP contribution in [-0.4, -0.2) is 19.8 Å². The Kier molecular flexibility index (Phi) is 3.26. The van der Waals surface area contributed by atoms with E-state index in [1.54, 1.807) is 18.2 Å². The highest BCUT2D eigenvalue weighted by molar-refractivity contribution is 6.32. The third-order valence-corrected chi connectivity index (χ3v) is 3.47. The number of rotatable bonds is 2. The van der Waals surface area contributed by atoms with Crippen LogP contribution in [0.3, 0.4) is 0 Å². The molecular formula is C14H8ClN3O4. The number of fused-ring (bicyclic) bond motifs is 1. The van der Waals surface area contributed by atoms with E-state index < -0.39 is 10.5 Å². The lowest BCUT2D eigenvalue weighted by molar-refractivity contribution is -0.384. The lowest BCUT2D eigenvalue weighted by Crippen LogP contribution is -2.21. The molecule has 0 fully saturated rings. The second kappa shape index (κ2) is 5.12. The third-order valence-electron chi connectivity index (χ3n) is 3.15. The van der Waals surface area contributed by atoms with Gasteiger partial charge in [-0.3, -0.25) is 14.9 Å². The lowest BCUT2D eigenvalue weighted by Gasteiger charge is -2.08. The van der Waals surface area contributed by atoms with Gasteiger partial charge in [-0.05, 0) is 24.3 Å². The quantitative estimate of drug-likeness (QED) is 0.445. The monoisotopic (exact) mass is 317 g/mol. The Morgan fingerprint density at radius 2 is 1.95 bits per heavy atom. The van der Waals surface area contributed by atoms with E-state index >= 15 is 0 Å². The lowest BCUT2D eigenvalue weighted by atomic mass is 10.1. The first-order valence-corrected chi connectivity index (χ1v) is 6.52. The van der Waals surface area contributed by atoms with Gasteiger partial charge < -0.3 is 5.21 Å². The van der Waals surface area contributed by atoms with Crippen LogP contribution in [0.2, 0.25) is 5.02 Å². The first-order valence-electron chi connectivity index (χ1n) is 6.14. The van der Waals surface area contributed by atoms with Crippen molar-refractivity contribution in [3.8, 4) is 11.4 Å². The van der Waals surface area contributed by atoms with E-state index in [2.05, 4.69) is 4.98 Å². The van der Waals surface area contributed by atoms with Crippen LogP contribution >= 0.6 is 11.6 Å². The standard InChI is InChI=1S/C14H8ClN3O4/c15-10-6-5-8(7-12(10)18(21)22)13-16-11-4-2-1-3-9(11)14(19)17(13)20/h1-7,20H. The van der Waals surface area contributed by atoms with Crippen molar-refractivity contribution in [2.24, 2.45) is 0 Å². The summed E-state index contributed by atoms with van der Waals surface area (Å²) in [6.45, 7) is 0. The molecular weight excluding hydrogens is 310 g/mol. The molecule has 1 heterocycles. The highest BCUT2D eigenvalue weighted by Crippen LogP contribution is 2.29. The van der Waals surface area contributed by atoms with Crippen molar-refractivity contribution >= 4 is 28.2 Å². The summed E-state index contributed by atoms with van der Waals surface area (Å²) in [6, 6.07) is 10.4. The minimum atomic E-state index is -0.654. The molecule has 0 unspecified atom stereocenters. The highest BCUT2D eigenvalue weighted by atomic mass is 35.5. The van der Waals surface area contributed by atoms with Crippen LogP contribution in [0, 0.1) is 10.1 Å². The SMILES string of the molecule is O=c1c2ccccc2nc(-c2ccc(Cl)c([N+](=O)[O-])c2)n1O. The zero-order valence-electron chi connectivity index (χ0n) is 10.9. The number of nitrogens with zero attached hydrogens (tertiary/aromatic N) is 3. The third kappa shape index (κ3) is 2.17. The second-order valence-electron chi connectivity index (χ2n) is 4.49. The van der Waals surface area contributed by atoms with Crippen LogP contribution in [0.5, 0.6) is 0 Å². The fraction of sp³-hybridized carbons (Fsp3) is 0. The largest absolute Gasteiger partial charge is 0.423 e. The molecule has 1 N–H and O–H groups in total. The molecule has 0 saturated carbocycles. The van der Waals surface area contributed by atoms with Gasteiger partial charge in [0, 0.05) is 11.6 Å². The molecule has 22 heavy (non-hydrogen) atoms. The normalized spacial score (nSPS) is 10.8. The zero-order valence-corrected chi connectivity index (χ0v) is 11.7. The molecule has 0 aliphatic rings. The molecule has 110 valence electrons. The van der Waals surface area contributed by atoms with Crippen LogP contribution in [0.1, 0.15) is 0 Å². The number of benzene rings is 2. The van der Waals surface area contributed by atoms with Crippen LogP contribution in [0.25, 0.3) is 22.3 Å². The molecule has 8 heteroatoms. The predicted octanol–water partition coefficient (Wildman–Crippen LogP) is 2.86. The van der Waals surface area contributed by atoms with Crippen LogP contribution in [-0.2, 0) is 0 Å². The second-order valence-corrected chi connectivity index (χ2v) is 4.90. The van der Waals surface area contributed by atoms with Crippen LogP contribution in [0.15, 0.2) is 47.3 Å². The maximum absolute atomic E-state index is 12.1. The number of hydrogen-bond acceptors (Lipinski definition) is 5. The van der Waals surface area contributed by atoms with Gasteiger partial charge in [0.1, 0.15) is 5.02 Å². The van der Waals surface area contributed by atoms with Crippen molar-refractivity contribution in [2.75, 3.05) is 0 Å². The predicted molar refractivity (Wildman–Crippen MR) is 80.3 cm³/mol. The molecule has 3 rings (SSSR count). The summed E-state index contributed by atoms with van der Waals surface area (Å²) in [6.07, 6.45) is 0. The van der Waals surface area contributed by atoms with Gasteiger partial charge in [-0.1, -0.05) is 23.7 Å². The molecule has 3 aromatic rings. The molecule has 0 saturated heterocycles. The van der Waals surface area contributed by atoms with Crippen molar-refractivity contribution in [1.29, 1.82) is 0 Å². The Morgan fingerprint density at radius 3 is 2.68 bits per heavy atom. The summed E-state index contributed by atoms with van der Waals surface area (Å²) in [4.78, 5) is 26.6. The summed E-state index contributed by atoms with van der Waals surface area (Å²) in [5, 5.41) is 21.1. The van der Waals surface area contributed by atoms with E-state index in [1.807, 2.05) is 0 Å². The summed E-state index contributed by atoms with van der Waals surface area (Å²) in [5.41, 5.74) is -0.397. The number of halogens is 1. The topological polar surface area (TPSA) is 98.3 Å². The van der Waals surface area contributed by atoms with E-state index in [9.17, 15) is 20.1 Å². The zero-order chi connectivity index (χ0) is 15.9.